The number of rotatable bonds is 6. The molecule has 2 rings (SSSR count). The van der Waals surface area contributed by atoms with Crippen molar-refractivity contribution in [3.63, 3.8) is 0 Å². The predicted octanol–water partition coefficient (Wildman–Crippen LogP) is 2.12. The summed E-state index contributed by atoms with van der Waals surface area (Å²) in [5.41, 5.74) is 0.956. The molecular formula is C15H19N3O2. The number of carbonyl (C=O) groups excluding carboxylic acids is 1. The van der Waals surface area contributed by atoms with Crippen molar-refractivity contribution in [2.75, 3.05) is 19.7 Å². The number of carbonyl (C=O) groups is 1. The third-order valence-electron chi connectivity index (χ3n) is 3.05. The van der Waals surface area contributed by atoms with Gasteiger partial charge in [0, 0.05) is 25.4 Å². The molecule has 20 heavy (non-hydrogen) atoms. The first-order chi connectivity index (χ1) is 9.74. The first-order valence-corrected chi connectivity index (χ1v) is 6.76. The fourth-order valence-electron chi connectivity index (χ4n) is 1.91. The average Bonchev–Trinajstić information content (AvgIpc) is 2.96. The molecule has 106 valence electrons. The maximum atomic E-state index is 11.8. The number of benzene rings is 1. The van der Waals surface area contributed by atoms with Crippen LogP contribution < -0.4 is 4.74 Å². The lowest BCUT2D eigenvalue weighted by Gasteiger charge is -2.17. The van der Waals surface area contributed by atoms with Gasteiger partial charge >= 0.3 is 0 Å². The SMILES string of the molecule is CCN(CC)C(=O)COc1ccn(-c2ccccc2)n1. The fourth-order valence-corrected chi connectivity index (χ4v) is 1.91. The van der Waals surface area contributed by atoms with Gasteiger partial charge in [0.2, 0.25) is 5.88 Å². The van der Waals surface area contributed by atoms with Gasteiger partial charge in [-0.3, -0.25) is 4.79 Å². The minimum Gasteiger partial charge on any atom is -0.466 e. The minimum absolute atomic E-state index is 0.0213. The summed E-state index contributed by atoms with van der Waals surface area (Å²) in [7, 11) is 0. The van der Waals surface area contributed by atoms with Crippen LogP contribution in [0.5, 0.6) is 5.88 Å². The smallest absolute Gasteiger partial charge is 0.260 e. The van der Waals surface area contributed by atoms with Crippen LogP contribution in [-0.4, -0.2) is 40.3 Å². The van der Waals surface area contributed by atoms with Gasteiger partial charge in [-0.15, -0.1) is 5.10 Å². The molecule has 0 saturated carbocycles. The quantitative estimate of drug-likeness (QED) is 0.810. The topological polar surface area (TPSA) is 47.4 Å². The highest BCUT2D eigenvalue weighted by Crippen LogP contribution is 2.11. The van der Waals surface area contributed by atoms with Crippen LogP contribution >= 0.6 is 0 Å². The lowest BCUT2D eigenvalue weighted by molar-refractivity contribution is -0.133. The second-order valence-electron chi connectivity index (χ2n) is 4.29. The van der Waals surface area contributed by atoms with Crippen LogP contribution in [0.15, 0.2) is 42.6 Å². The third-order valence-corrected chi connectivity index (χ3v) is 3.05. The average molecular weight is 273 g/mol. The van der Waals surface area contributed by atoms with Crippen molar-refractivity contribution in [1.29, 1.82) is 0 Å². The third kappa shape index (κ3) is 3.38. The van der Waals surface area contributed by atoms with Crippen LogP contribution in [0.3, 0.4) is 0 Å². The zero-order valence-electron chi connectivity index (χ0n) is 11.8. The molecule has 0 fully saturated rings. The highest BCUT2D eigenvalue weighted by atomic mass is 16.5. The lowest BCUT2D eigenvalue weighted by Crippen LogP contribution is -2.34. The first-order valence-electron chi connectivity index (χ1n) is 6.76. The number of hydrogen-bond donors (Lipinski definition) is 0. The van der Waals surface area contributed by atoms with Crippen LogP contribution in [0.2, 0.25) is 0 Å². The van der Waals surface area contributed by atoms with Crippen molar-refractivity contribution < 1.29 is 9.53 Å². The summed E-state index contributed by atoms with van der Waals surface area (Å²) >= 11 is 0. The predicted molar refractivity (Wildman–Crippen MR) is 77.0 cm³/mol. The van der Waals surface area contributed by atoms with Crippen molar-refractivity contribution in [3.05, 3.63) is 42.6 Å². The summed E-state index contributed by atoms with van der Waals surface area (Å²) in [5.74, 6) is 0.429. The summed E-state index contributed by atoms with van der Waals surface area (Å²) in [4.78, 5) is 13.6. The molecule has 5 heteroatoms. The van der Waals surface area contributed by atoms with Gasteiger partial charge < -0.3 is 9.64 Å². The van der Waals surface area contributed by atoms with E-state index in [2.05, 4.69) is 5.10 Å². The van der Waals surface area contributed by atoms with E-state index in [1.807, 2.05) is 50.4 Å². The molecule has 1 heterocycles. The number of ether oxygens (including phenoxy) is 1. The molecule has 2 aromatic rings. The second kappa shape index (κ2) is 6.75. The van der Waals surface area contributed by atoms with E-state index >= 15 is 0 Å². The molecule has 1 amide bonds. The summed E-state index contributed by atoms with van der Waals surface area (Å²) in [6, 6.07) is 11.5. The Morgan fingerprint density at radius 2 is 1.90 bits per heavy atom. The van der Waals surface area contributed by atoms with Gasteiger partial charge in [0.1, 0.15) is 0 Å². The van der Waals surface area contributed by atoms with Crippen LogP contribution in [0.1, 0.15) is 13.8 Å². The van der Waals surface area contributed by atoms with Crippen molar-refractivity contribution in [2.24, 2.45) is 0 Å². The number of hydrogen-bond acceptors (Lipinski definition) is 3. The molecule has 0 aliphatic rings. The Morgan fingerprint density at radius 1 is 1.20 bits per heavy atom. The number of likely N-dealkylation sites (N-methyl/N-ethyl adjacent to an activating group) is 1. The van der Waals surface area contributed by atoms with Crippen molar-refractivity contribution in [2.45, 2.75) is 13.8 Å². The molecule has 0 saturated heterocycles. The van der Waals surface area contributed by atoms with Gasteiger partial charge in [-0.1, -0.05) is 18.2 Å². The Labute approximate surface area is 118 Å². The highest BCUT2D eigenvalue weighted by molar-refractivity contribution is 5.77. The standard InChI is InChI=1S/C15H19N3O2/c1-3-17(4-2)15(19)12-20-14-10-11-18(16-14)13-8-6-5-7-9-13/h5-11H,3-4,12H2,1-2H3. The minimum atomic E-state index is -0.0238. The summed E-state index contributed by atoms with van der Waals surface area (Å²) in [6.07, 6.45) is 1.81. The van der Waals surface area contributed by atoms with Crippen LogP contribution in [0.25, 0.3) is 5.69 Å². The van der Waals surface area contributed by atoms with Crippen LogP contribution in [0.4, 0.5) is 0 Å². The zero-order valence-corrected chi connectivity index (χ0v) is 11.8. The number of nitrogens with zero attached hydrogens (tertiary/aromatic N) is 3. The maximum absolute atomic E-state index is 11.8. The van der Waals surface area contributed by atoms with Crippen molar-refractivity contribution in [3.8, 4) is 11.6 Å². The fraction of sp³-hybridized carbons (Fsp3) is 0.333. The molecule has 0 bridgehead atoms. The zero-order chi connectivity index (χ0) is 14.4. The highest BCUT2D eigenvalue weighted by Gasteiger charge is 2.11. The molecule has 1 aromatic heterocycles. The molecule has 0 unspecified atom stereocenters. The molecule has 5 nitrogen and oxygen atoms in total. The van der Waals surface area contributed by atoms with E-state index in [1.54, 1.807) is 15.6 Å². The second-order valence-corrected chi connectivity index (χ2v) is 4.29. The molecule has 0 spiro atoms. The van der Waals surface area contributed by atoms with E-state index in [1.165, 1.54) is 0 Å². The Kier molecular flexibility index (Phi) is 4.76. The van der Waals surface area contributed by atoms with E-state index in [0.717, 1.165) is 5.69 Å². The van der Waals surface area contributed by atoms with Crippen molar-refractivity contribution in [1.82, 2.24) is 14.7 Å². The Hall–Kier alpha value is -2.30. The lowest BCUT2D eigenvalue weighted by atomic mass is 10.3. The monoisotopic (exact) mass is 273 g/mol. The van der Waals surface area contributed by atoms with Crippen LogP contribution in [0, 0.1) is 0 Å². The van der Waals surface area contributed by atoms with Crippen LogP contribution in [-0.2, 0) is 4.79 Å². The Balaban J connectivity index is 1.95. The van der Waals surface area contributed by atoms with E-state index in [9.17, 15) is 4.79 Å². The van der Waals surface area contributed by atoms with Gasteiger partial charge in [0.05, 0.1) is 5.69 Å². The molecule has 0 aliphatic heterocycles. The molecule has 0 aliphatic carbocycles. The van der Waals surface area contributed by atoms with E-state index in [0.29, 0.717) is 19.0 Å². The largest absolute Gasteiger partial charge is 0.466 e. The summed E-state index contributed by atoms with van der Waals surface area (Å²) < 4.78 is 7.15. The summed E-state index contributed by atoms with van der Waals surface area (Å²) in [6.45, 7) is 5.30. The molecule has 0 N–H and O–H groups in total. The van der Waals surface area contributed by atoms with Gasteiger partial charge in [0.15, 0.2) is 6.61 Å². The first kappa shape index (κ1) is 14.1. The normalized spacial score (nSPS) is 10.3. The van der Waals surface area contributed by atoms with Crippen molar-refractivity contribution >= 4 is 5.91 Å². The molecular weight excluding hydrogens is 254 g/mol. The number of para-hydroxylation sites is 1. The van der Waals surface area contributed by atoms with Gasteiger partial charge in [-0.2, -0.15) is 0 Å². The molecule has 0 atom stereocenters. The van der Waals surface area contributed by atoms with Gasteiger partial charge in [-0.05, 0) is 26.0 Å². The maximum Gasteiger partial charge on any atom is 0.260 e. The van der Waals surface area contributed by atoms with E-state index in [-0.39, 0.29) is 12.5 Å². The van der Waals surface area contributed by atoms with Gasteiger partial charge in [-0.25, -0.2) is 4.68 Å². The Bertz CT molecular complexity index is 547. The van der Waals surface area contributed by atoms with Gasteiger partial charge in [0.25, 0.3) is 5.91 Å². The molecule has 1 aromatic carbocycles. The summed E-state index contributed by atoms with van der Waals surface area (Å²) in [5, 5.41) is 4.29. The van der Waals surface area contributed by atoms with E-state index < -0.39 is 0 Å². The Morgan fingerprint density at radius 3 is 2.55 bits per heavy atom. The molecule has 0 radical (unpaired) electrons. The number of amides is 1. The van der Waals surface area contributed by atoms with E-state index in [4.69, 9.17) is 4.74 Å². The number of aromatic nitrogens is 2.